The number of anilines is 2. The number of hydrogen-bond acceptors (Lipinski definition) is 7. The Morgan fingerprint density at radius 3 is 2.69 bits per heavy atom. The molecule has 188 valence electrons. The van der Waals surface area contributed by atoms with Crippen LogP contribution in [0.5, 0.6) is 5.88 Å². The number of benzene rings is 1. The third-order valence-electron chi connectivity index (χ3n) is 6.21. The van der Waals surface area contributed by atoms with Crippen LogP contribution < -0.4 is 15.8 Å². The number of nitrogens with two attached hydrogens (primary N) is 1. The van der Waals surface area contributed by atoms with Crippen LogP contribution in [-0.2, 0) is 15.1 Å². The number of carbonyl (C=O) groups is 1. The predicted octanol–water partition coefficient (Wildman–Crippen LogP) is 4.80. The van der Waals surface area contributed by atoms with Gasteiger partial charge in [-0.15, -0.1) is 0 Å². The highest BCUT2D eigenvalue weighted by atomic mass is 35.5. The molecule has 8 nitrogen and oxygen atoms in total. The van der Waals surface area contributed by atoms with E-state index in [1.165, 1.54) is 12.3 Å². The second-order valence-electron chi connectivity index (χ2n) is 9.49. The molecule has 0 aliphatic carbocycles. The molecule has 4 rings (SSSR count). The molecule has 1 saturated heterocycles. The molecule has 0 spiro atoms. The number of halogens is 3. The monoisotopic (exact) mass is 507 g/mol. The van der Waals surface area contributed by atoms with Crippen LogP contribution in [0.1, 0.15) is 45.6 Å². The summed E-state index contributed by atoms with van der Waals surface area (Å²) in [6.45, 7) is 3.42. The lowest BCUT2D eigenvalue weighted by molar-refractivity contribution is -0.136. The maximum absolute atomic E-state index is 13.3. The Hall–Kier alpha value is -2.98. The van der Waals surface area contributed by atoms with Gasteiger partial charge in [-0.2, -0.15) is 8.78 Å². The predicted molar refractivity (Wildman–Crippen MR) is 129 cm³/mol. The van der Waals surface area contributed by atoms with Gasteiger partial charge in [0.05, 0.1) is 40.2 Å². The van der Waals surface area contributed by atoms with Gasteiger partial charge in [0.2, 0.25) is 11.8 Å². The van der Waals surface area contributed by atoms with E-state index in [1.807, 2.05) is 26.8 Å². The van der Waals surface area contributed by atoms with Crippen LogP contribution >= 0.6 is 11.6 Å². The molecule has 3 N–H and O–H groups in total. The zero-order valence-electron chi connectivity index (χ0n) is 19.7. The van der Waals surface area contributed by atoms with Gasteiger partial charge in [-0.3, -0.25) is 9.69 Å². The standard InChI is InChI=1S/C24H28ClF2N5O3/c1-23(2)11-15(9-10-34-23)32-19(33)12-24(3,31-22(32)28)16-5-4-6-17(20(16)25)30-14-7-8-18(29-13-14)35-21(26)27/h4-8,13,15,21,30H,9-12H2,1-3H3,(H2,28,31)/t15-,24+/m1/s1. The van der Waals surface area contributed by atoms with Crippen molar-refractivity contribution in [3.05, 3.63) is 47.1 Å². The van der Waals surface area contributed by atoms with Crippen LogP contribution in [0.3, 0.4) is 0 Å². The smallest absolute Gasteiger partial charge is 0.388 e. The topological polar surface area (TPSA) is 102 Å². The maximum atomic E-state index is 13.3. The fraction of sp³-hybridized carbons (Fsp3) is 0.458. The Kier molecular flexibility index (Phi) is 6.88. The summed E-state index contributed by atoms with van der Waals surface area (Å²) in [5.41, 5.74) is 6.75. The van der Waals surface area contributed by atoms with E-state index in [2.05, 4.69) is 15.0 Å². The van der Waals surface area contributed by atoms with Crippen molar-refractivity contribution in [3.63, 3.8) is 0 Å². The third kappa shape index (κ3) is 5.48. The summed E-state index contributed by atoms with van der Waals surface area (Å²) in [6.07, 6.45) is 2.82. The molecule has 3 heterocycles. The molecule has 2 aromatic rings. The Morgan fingerprint density at radius 1 is 1.29 bits per heavy atom. The molecule has 11 heteroatoms. The first-order chi connectivity index (χ1) is 16.5. The normalized spacial score (nSPS) is 24.3. The number of alkyl halides is 2. The number of amides is 1. The van der Waals surface area contributed by atoms with Crippen LogP contribution in [-0.4, -0.2) is 46.6 Å². The highest BCUT2D eigenvalue weighted by Crippen LogP contribution is 2.42. The van der Waals surface area contributed by atoms with E-state index in [1.54, 1.807) is 23.1 Å². The number of pyridine rings is 1. The van der Waals surface area contributed by atoms with Gasteiger partial charge in [0.1, 0.15) is 0 Å². The summed E-state index contributed by atoms with van der Waals surface area (Å²) in [5.74, 6) is -0.142. The van der Waals surface area contributed by atoms with Gasteiger partial charge in [-0.05, 0) is 45.7 Å². The minimum atomic E-state index is -2.95. The van der Waals surface area contributed by atoms with Gasteiger partial charge >= 0.3 is 6.61 Å². The number of nitrogens with one attached hydrogen (secondary N) is 1. The third-order valence-corrected chi connectivity index (χ3v) is 6.62. The quantitative estimate of drug-likeness (QED) is 0.582. The minimum absolute atomic E-state index is 0.0763. The van der Waals surface area contributed by atoms with E-state index in [0.29, 0.717) is 41.4 Å². The van der Waals surface area contributed by atoms with Crippen molar-refractivity contribution in [2.24, 2.45) is 10.7 Å². The second-order valence-corrected chi connectivity index (χ2v) is 9.87. The highest BCUT2D eigenvalue weighted by Gasteiger charge is 2.43. The molecule has 1 amide bonds. The zero-order chi connectivity index (χ0) is 25.4. The molecular formula is C24H28ClF2N5O3. The van der Waals surface area contributed by atoms with E-state index in [9.17, 15) is 13.6 Å². The molecule has 0 radical (unpaired) electrons. The molecule has 1 aromatic heterocycles. The van der Waals surface area contributed by atoms with E-state index in [-0.39, 0.29) is 35.8 Å². The largest absolute Gasteiger partial charge is 0.417 e. The van der Waals surface area contributed by atoms with Crippen molar-refractivity contribution in [1.82, 2.24) is 9.88 Å². The van der Waals surface area contributed by atoms with E-state index >= 15 is 0 Å². The molecular weight excluding hydrogens is 480 g/mol. The van der Waals surface area contributed by atoms with Crippen LogP contribution in [0.15, 0.2) is 41.5 Å². The van der Waals surface area contributed by atoms with Crippen molar-refractivity contribution in [1.29, 1.82) is 0 Å². The SMILES string of the molecule is CC1(C)C[C@H](N2C(=O)C[C@@](C)(c3cccc(Nc4ccc(OC(F)F)nc4)c3Cl)N=C2N)CCO1. The van der Waals surface area contributed by atoms with E-state index < -0.39 is 12.2 Å². The first-order valence-corrected chi connectivity index (χ1v) is 11.6. The molecule has 0 unspecified atom stereocenters. The first-order valence-electron chi connectivity index (χ1n) is 11.3. The van der Waals surface area contributed by atoms with Gasteiger partial charge < -0.3 is 20.5 Å². The Morgan fingerprint density at radius 2 is 2.06 bits per heavy atom. The van der Waals surface area contributed by atoms with Gasteiger partial charge in [0.25, 0.3) is 0 Å². The summed E-state index contributed by atoms with van der Waals surface area (Å²) in [7, 11) is 0. The lowest BCUT2D eigenvalue weighted by atomic mass is 9.85. The molecule has 1 fully saturated rings. The molecule has 2 aliphatic rings. The summed E-state index contributed by atoms with van der Waals surface area (Å²) < 4.78 is 34.8. The molecule has 0 bridgehead atoms. The molecule has 0 saturated carbocycles. The lowest BCUT2D eigenvalue weighted by Crippen LogP contribution is -2.57. The van der Waals surface area contributed by atoms with Crippen LogP contribution in [0, 0.1) is 0 Å². The average Bonchev–Trinajstić information content (AvgIpc) is 2.75. The second kappa shape index (κ2) is 9.58. The number of hydrogen-bond donors (Lipinski definition) is 2. The number of ether oxygens (including phenoxy) is 2. The lowest BCUT2D eigenvalue weighted by Gasteiger charge is -2.44. The Bertz CT molecular complexity index is 1130. The fourth-order valence-corrected chi connectivity index (χ4v) is 5.01. The maximum Gasteiger partial charge on any atom is 0.388 e. The van der Waals surface area contributed by atoms with Gasteiger partial charge in [0.15, 0.2) is 5.96 Å². The summed E-state index contributed by atoms with van der Waals surface area (Å²) in [4.78, 5) is 23.5. The van der Waals surface area contributed by atoms with Crippen molar-refractivity contribution >= 4 is 34.8 Å². The van der Waals surface area contributed by atoms with Crippen molar-refractivity contribution < 1.29 is 23.0 Å². The molecule has 2 atom stereocenters. The van der Waals surface area contributed by atoms with Crippen LogP contribution in [0.25, 0.3) is 0 Å². The number of aromatic nitrogens is 1. The van der Waals surface area contributed by atoms with Crippen LogP contribution in [0.4, 0.5) is 20.2 Å². The van der Waals surface area contributed by atoms with E-state index in [4.69, 9.17) is 27.1 Å². The number of nitrogens with zero attached hydrogens (tertiary/aromatic N) is 3. The first kappa shape index (κ1) is 25.1. The van der Waals surface area contributed by atoms with Crippen molar-refractivity contribution in [2.45, 2.75) is 63.8 Å². The number of rotatable bonds is 6. The highest BCUT2D eigenvalue weighted by molar-refractivity contribution is 6.34. The molecule has 35 heavy (non-hydrogen) atoms. The average molecular weight is 508 g/mol. The van der Waals surface area contributed by atoms with Gasteiger partial charge in [0, 0.05) is 24.3 Å². The fourth-order valence-electron chi connectivity index (χ4n) is 4.64. The minimum Gasteiger partial charge on any atom is -0.417 e. The Labute approximate surface area is 207 Å². The summed E-state index contributed by atoms with van der Waals surface area (Å²) >= 11 is 6.74. The number of carbonyl (C=O) groups excluding carboxylic acids is 1. The van der Waals surface area contributed by atoms with Gasteiger partial charge in [-0.1, -0.05) is 23.7 Å². The molecule has 2 aliphatic heterocycles. The number of aliphatic imine (C=N–C) groups is 1. The Balaban J connectivity index is 1.58. The van der Waals surface area contributed by atoms with E-state index in [0.717, 1.165) is 0 Å². The zero-order valence-corrected chi connectivity index (χ0v) is 20.5. The molecule has 1 aromatic carbocycles. The van der Waals surface area contributed by atoms with Gasteiger partial charge in [-0.25, -0.2) is 9.98 Å². The summed E-state index contributed by atoms with van der Waals surface area (Å²) in [5, 5.41) is 3.48. The van der Waals surface area contributed by atoms with Crippen molar-refractivity contribution in [3.8, 4) is 5.88 Å². The van der Waals surface area contributed by atoms with Crippen molar-refractivity contribution in [2.75, 3.05) is 11.9 Å². The number of guanidine groups is 1. The summed E-state index contributed by atoms with van der Waals surface area (Å²) in [6, 6.07) is 8.15. The van der Waals surface area contributed by atoms with Crippen LogP contribution in [0.2, 0.25) is 5.02 Å².